The van der Waals surface area contributed by atoms with Crippen LogP contribution in [0.15, 0.2) is 170 Å². The fraction of sp³-hybridized carbons (Fsp3) is 0.164. The SMILES string of the molecule is CCC(c1ccc(OC)cc1)c1ccc(OC(C)=O)cc1.COc1ccc(C(=Cc2ccc(N(c3ccc(C)cc3)c3ccc(C)cc3)cc2)c2ccc(OC(C)=O)cc2)cc1. The molecule has 7 heteroatoms. The smallest absolute Gasteiger partial charge is 0.308 e. The fourth-order valence-corrected chi connectivity index (χ4v) is 7.13. The van der Waals surface area contributed by atoms with Crippen molar-refractivity contribution < 1.29 is 28.5 Å². The van der Waals surface area contributed by atoms with E-state index in [1.165, 1.54) is 36.1 Å². The third kappa shape index (κ3) is 11.9. The molecule has 1 atom stereocenters. The Kier molecular flexibility index (Phi) is 15.1. The van der Waals surface area contributed by atoms with Crippen molar-refractivity contribution in [2.75, 3.05) is 19.1 Å². The van der Waals surface area contributed by atoms with Gasteiger partial charge in [0, 0.05) is 36.8 Å². The Balaban J connectivity index is 0.000000256. The van der Waals surface area contributed by atoms with Crippen LogP contribution in [0.4, 0.5) is 17.1 Å². The number of esters is 2. The molecule has 0 saturated heterocycles. The second-order valence-electron chi connectivity index (χ2n) is 14.9. The second kappa shape index (κ2) is 21.2. The van der Waals surface area contributed by atoms with E-state index in [2.05, 4.69) is 129 Å². The highest BCUT2D eigenvalue weighted by Gasteiger charge is 2.15. The highest BCUT2D eigenvalue weighted by Crippen LogP contribution is 2.36. The van der Waals surface area contributed by atoms with Crippen molar-refractivity contribution in [3.63, 3.8) is 0 Å². The number of carbonyl (C=O) groups excluding carboxylic acids is 2. The summed E-state index contributed by atoms with van der Waals surface area (Å²) in [6.45, 7) is 9.17. The summed E-state index contributed by atoms with van der Waals surface area (Å²) in [7, 11) is 3.33. The number of aryl methyl sites for hydroxylation is 2. The minimum Gasteiger partial charge on any atom is -0.497 e. The maximum absolute atomic E-state index is 11.4. The quantitative estimate of drug-likeness (QED) is 0.0651. The number of rotatable bonds is 13. The van der Waals surface area contributed by atoms with Crippen LogP contribution in [0.3, 0.4) is 0 Å². The third-order valence-corrected chi connectivity index (χ3v) is 10.3. The van der Waals surface area contributed by atoms with Crippen molar-refractivity contribution >= 4 is 40.6 Å². The lowest BCUT2D eigenvalue weighted by atomic mass is 9.89. The standard InChI is InChI=1S/C37H33NO3.C18H20O3/c1-26-5-15-32(16-6-26)38(33-17-7-27(2)8-18-33)34-19-9-29(10-20-34)25-37(30-11-21-35(40-4)22-12-30)31-13-23-36(24-14-31)41-28(3)39;1-4-18(14-5-9-16(20-3)10-6-14)15-7-11-17(12-8-15)21-13(2)19/h5-25H,1-4H3;5-12,18H,4H2,1-3H3. The Morgan fingerprint density at radius 2 is 0.823 bits per heavy atom. The van der Waals surface area contributed by atoms with Gasteiger partial charge in [-0.25, -0.2) is 0 Å². The molecular formula is C55H53NO6. The molecule has 7 nitrogen and oxygen atoms in total. The third-order valence-electron chi connectivity index (χ3n) is 10.3. The molecule has 0 aliphatic heterocycles. The van der Waals surface area contributed by atoms with E-state index in [-0.39, 0.29) is 11.9 Å². The first-order valence-corrected chi connectivity index (χ1v) is 20.6. The lowest BCUT2D eigenvalue weighted by Crippen LogP contribution is -2.09. The second-order valence-corrected chi connectivity index (χ2v) is 14.9. The fourth-order valence-electron chi connectivity index (χ4n) is 7.13. The summed E-state index contributed by atoms with van der Waals surface area (Å²) in [6.07, 6.45) is 3.17. The predicted octanol–water partition coefficient (Wildman–Crippen LogP) is 13.5. The van der Waals surface area contributed by atoms with Crippen LogP contribution in [0.1, 0.15) is 72.1 Å². The molecule has 0 saturated carbocycles. The van der Waals surface area contributed by atoms with E-state index in [1.54, 1.807) is 14.2 Å². The van der Waals surface area contributed by atoms with E-state index in [0.717, 1.165) is 57.2 Å². The molecule has 0 aromatic heterocycles. The summed E-state index contributed by atoms with van der Waals surface area (Å²) < 4.78 is 20.9. The Labute approximate surface area is 365 Å². The maximum Gasteiger partial charge on any atom is 0.308 e. The Hall–Kier alpha value is -7.38. The summed E-state index contributed by atoms with van der Waals surface area (Å²) in [5, 5.41) is 0. The van der Waals surface area contributed by atoms with Crippen molar-refractivity contribution in [2.45, 2.75) is 47.0 Å². The summed E-state index contributed by atoms with van der Waals surface area (Å²) >= 11 is 0. The van der Waals surface area contributed by atoms with Gasteiger partial charge in [-0.3, -0.25) is 9.59 Å². The molecule has 0 bridgehead atoms. The minimum atomic E-state index is -0.339. The lowest BCUT2D eigenvalue weighted by molar-refractivity contribution is -0.132. The molecule has 0 N–H and O–H groups in total. The van der Waals surface area contributed by atoms with Crippen LogP contribution >= 0.6 is 0 Å². The van der Waals surface area contributed by atoms with Crippen LogP contribution in [0.2, 0.25) is 0 Å². The number of hydrogen-bond acceptors (Lipinski definition) is 7. The van der Waals surface area contributed by atoms with Crippen molar-refractivity contribution in [1.82, 2.24) is 0 Å². The van der Waals surface area contributed by atoms with E-state index < -0.39 is 0 Å². The molecule has 0 spiro atoms. The molecule has 0 heterocycles. The van der Waals surface area contributed by atoms with Crippen molar-refractivity contribution in [1.29, 1.82) is 0 Å². The molecule has 0 aliphatic rings. The average molecular weight is 824 g/mol. The van der Waals surface area contributed by atoms with Gasteiger partial charge in [0.05, 0.1) is 14.2 Å². The summed E-state index contributed by atoms with van der Waals surface area (Å²) in [4.78, 5) is 24.6. The van der Waals surface area contributed by atoms with Crippen molar-refractivity contribution in [2.24, 2.45) is 0 Å². The Morgan fingerprint density at radius 1 is 0.484 bits per heavy atom. The van der Waals surface area contributed by atoms with E-state index in [9.17, 15) is 9.59 Å². The molecule has 62 heavy (non-hydrogen) atoms. The molecule has 0 radical (unpaired) electrons. The average Bonchev–Trinajstić information content (AvgIpc) is 3.29. The molecular weight excluding hydrogens is 771 g/mol. The molecule has 1 unspecified atom stereocenters. The van der Waals surface area contributed by atoms with Gasteiger partial charge in [-0.2, -0.15) is 0 Å². The van der Waals surface area contributed by atoms with Crippen LogP contribution in [0, 0.1) is 13.8 Å². The number of ether oxygens (including phenoxy) is 4. The first-order valence-electron chi connectivity index (χ1n) is 20.6. The van der Waals surface area contributed by atoms with Crippen LogP contribution in [-0.2, 0) is 9.59 Å². The molecule has 314 valence electrons. The number of carbonyl (C=O) groups is 2. The summed E-state index contributed by atoms with van der Waals surface area (Å²) in [5.41, 5.74) is 12.4. The minimum absolute atomic E-state index is 0.301. The van der Waals surface area contributed by atoms with E-state index >= 15 is 0 Å². The van der Waals surface area contributed by atoms with Gasteiger partial charge in [-0.05, 0) is 145 Å². The molecule has 0 aliphatic carbocycles. The van der Waals surface area contributed by atoms with E-state index in [4.69, 9.17) is 18.9 Å². The zero-order valence-electron chi connectivity index (χ0n) is 36.4. The highest BCUT2D eigenvalue weighted by molar-refractivity contribution is 5.92. The van der Waals surface area contributed by atoms with Crippen LogP contribution in [-0.4, -0.2) is 26.2 Å². The molecule has 7 aromatic carbocycles. The number of benzene rings is 7. The lowest BCUT2D eigenvalue weighted by Gasteiger charge is -2.26. The molecule has 0 amide bonds. The van der Waals surface area contributed by atoms with Gasteiger partial charge < -0.3 is 23.8 Å². The Bertz CT molecular complexity index is 2500. The van der Waals surface area contributed by atoms with Gasteiger partial charge in [-0.15, -0.1) is 0 Å². The van der Waals surface area contributed by atoms with Crippen LogP contribution in [0.5, 0.6) is 23.0 Å². The molecule has 7 rings (SSSR count). The number of hydrogen-bond donors (Lipinski definition) is 0. The monoisotopic (exact) mass is 823 g/mol. The zero-order valence-corrected chi connectivity index (χ0v) is 36.4. The van der Waals surface area contributed by atoms with Crippen molar-refractivity contribution in [3.8, 4) is 23.0 Å². The first kappa shape index (κ1) is 44.2. The summed E-state index contributed by atoms with van der Waals surface area (Å²) in [6, 6.07) is 57.2. The molecule has 0 fully saturated rings. The summed E-state index contributed by atoms with van der Waals surface area (Å²) in [5.74, 6) is 2.44. The highest BCUT2D eigenvalue weighted by atomic mass is 16.5. The maximum atomic E-state index is 11.4. The Morgan fingerprint density at radius 3 is 1.18 bits per heavy atom. The van der Waals surface area contributed by atoms with E-state index in [1.807, 2.05) is 72.8 Å². The van der Waals surface area contributed by atoms with Crippen LogP contribution in [0.25, 0.3) is 11.6 Å². The normalized spacial score (nSPS) is 11.4. The van der Waals surface area contributed by atoms with Gasteiger partial charge >= 0.3 is 11.9 Å². The first-order chi connectivity index (χ1) is 30.0. The number of anilines is 3. The van der Waals surface area contributed by atoms with Crippen molar-refractivity contribution in [3.05, 3.63) is 209 Å². The number of methoxy groups -OCH3 is 2. The van der Waals surface area contributed by atoms with Gasteiger partial charge in [0.1, 0.15) is 23.0 Å². The van der Waals surface area contributed by atoms with Crippen LogP contribution < -0.4 is 23.8 Å². The topological polar surface area (TPSA) is 74.3 Å². The van der Waals surface area contributed by atoms with Gasteiger partial charge in [0.25, 0.3) is 0 Å². The zero-order chi connectivity index (χ0) is 44.0. The van der Waals surface area contributed by atoms with E-state index in [0.29, 0.717) is 17.4 Å². The predicted molar refractivity (Wildman–Crippen MR) is 251 cm³/mol. The number of nitrogens with zero attached hydrogens (tertiary/aromatic N) is 1. The van der Waals surface area contributed by atoms with Gasteiger partial charge in [0.15, 0.2) is 0 Å². The van der Waals surface area contributed by atoms with Gasteiger partial charge in [-0.1, -0.05) is 103 Å². The molecule has 7 aromatic rings. The largest absolute Gasteiger partial charge is 0.497 e. The van der Waals surface area contributed by atoms with Gasteiger partial charge in [0.2, 0.25) is 0 Å².